The summed E-state index contributed by atoms with van der Waals surface area (Å²) in [6.07, 6.45) is 0. The van der Waals surface area contributed by atoms with Gasteiger partial charge in [0.2, 0.25) is 0 Å². The van der Waals surface area contributed by atoms with E-state index in [2.05, 4.69) is 158 Å². The quantitative estimate of drug-likeness (QED) is 0.167. The third kappa shape index (κ3) is 5.15. The molecule has 212 valence electrons. The van der Waals surface area contributed by atoms with Crippen LogP contribution in [0.5, 0.6) is 0 Å². The average Bonchev–Trinajstić information content (AvgIpc) is 3.68. The summed E-state index contributed by atoms with van der Waals surface area (Å²) in [5, 5.41) is 5.39. The van der Waals surface area contributed by atoms with Gasteiger partial charge in [-0.3, -0.25) is 0 Å². The Labute approximate surface area is 275 Å². The normalized spacial score (nSPS) is 10.7. The number of nitrogens with zero attached hydrogens (tertiary/aromatic N) is 2. The zero-order valence-corrected chi connectivity index (χ0v) is 28.4. The van der Waals surface area contributed by atoms with Crippen molar-refractivity contribution in [1.29, 1.82) is 0 Å². The van der Waals surface area contributed by atoms with Crippen molar-refractivity contribution < 1.29 is 26.2 Å². The van der Waals surface area contributed by atoms with Crippen molar-refractivity contribution in [3.05, 3.63) is 158 Å². The van der Waals surface area contributed by atoms with E-state index < -0.39 is 0 Å². The van der Waals surface area contributed by atoms with E-state index in [0.717, 1.165) is 0 Å². The van der Waals surface area contributed by atoms with Crippen molar-refractivity contribution in [3.63, 3.8) is 0 Å². The number of benzene rings is 4. The molecule has 0 spiro atoms. The van der Waals surface area contributed by atoms with Crippen molar-refractivity contribution >= 4 is 43.6 Å². The summed E-state index contributed by atoms with van der Waals surface area (Å²) >= 11 is 0. The molecule has 0 radical (unpaired) electrons. The van der Waals surface area contributed by atoms with Crippen LogP contribution in [0.2, 0.25) is 0 Å². The first-order chi connectivity index (χ1) is 19.5. The number of fused-ring (bicyclic) bond motifs is 6. The SMILES string of the molecule is Cc1[cH-]c2c3ccccc3n(-c3ccccc3)c2c1C.Cc1[cH-]c2c3ccccc3n(-c3ccccc3)c2c1C.[CH3-].[CH3-].[Zr+4]. The summed E-state index contributed by atoms with van der Waals surface area (Å²) in [4.78, 5) is 0. The minimum Gasteiger partial charge on any atom is -0.367 e. The maximum Gasteiger partial charge on any atom is 4.00 e. The molecular weight excluding hydrogens is 600 g/mol. The molecule has 3 heteroatoms. The summed E-state index contributed by atoms with van der Waals surface area (Å²) in [5.74, 6) is 0. The number of aryl methyl sites for hydroxylation is 4. The second-order valence-electron chi connectivity index (χ2n) is 10.8. The van der Waals surface area contributed by atoms with Crippen LogP contribution in [0.3, 0.4) is 0 Å². The van der Waals surface area contributed by atoms with Gasteiger partial charge < -0.3 is 24.0 Å². The Kier molecular flexibility index (Phi) is 9.48. The Morgan fingerprint density at radius 3 is 1.14 bits per heavy atom. The Morgan fingerprint density at radius 1 is 0.442 bits per heavy atom. The molecule has 6 aromatic carbocycles. The Hall–Kier alpha value is -3.94. The van der Waals surface area contributed by atoms with Crippen LogP contribution < -0.4 is 0 Å². The van der Waals surface area contributed by atoms with Gasteiger partial charge in [-0.05, 0) is 36.4 Å². The van der Waals surface area contributed by atoms with Gasteiger partial charge >= 0.3 is 26.2 Å². The van der Waals surface area contributed by atoms with Crippen LogP contribution in [0.15, 0.2) is 121 Å². The monoisotopic (exact) mass is 636 g/mol. The smallest absolute Gasteiger partial charge is 0.367 e. The van der Waals surface area contributed by atoms with Gasteiger partial charge in [-0.2, -0.15) is 0 Å². The molecule has 0 saturated carbocycles. The molecule has 0 bridgehead atoms. The minimum absolute atomic E-state index is 0. The van der Waals surface area contributed by atoms with Gasteiger partial charge in [-0.1, -0.05) is 122 Å². The van der Waals surface area contributed by atoms with Crippen LogP contribution in [0.1, 0.15) is 22.3 Å². The Bertz CT molecular complexity index is 1980. The number of rotatable bonds is 2. The van der Waals surface area contributed by atoms with Crippen molar-refractivity contribution in [3.8, 4) is 11.4 Å². The molecule has 8 aromatic rings. The Morgan fingerprint density at radius 2 is 0.767 bits per heavy atom. The fourth-order valence-corrected chi connectivity index (χ4v) is 6.27. The van der Waals surface area contributed by atoms with Crippen LogP contribution in [-0.4, -0.2) is 9.13 Å². The van der Waals surface area contributed by atoms with Crippen molar-refractivity contribution in [2.45, 2.75) is 27.7 Å². The van der Waals surface area contributed by atoms with Crippen molar-refractivity contribution in [1.82, 2.24) is 9.13 Å². The molecule has 8 rings (SSSR count). The van der Waals surface area contributed by atoms with Crippen molar-refractivity contribution in [2.24, 2.45) is 0 Å². The molecule has 0 unspecified atom stereocenters. The van der Waals surface area contributed by atoms with E-state index in [9.17, 15) is 0 Å². The van der Waals surface area contributed by atoms with E-state index in [-0.39, 0.29) is 41.1 Å². The molecule has 2 nitrogen and oxygen atoms in total. The van der Waals surface area contributed by atoms with Gasteiger partial charge in [0.1, 0.15) is 0 Å². The largest absolute Gasteiger partial charge is 4.00 e. The molecule has 0 saturated heterocycles. The third-order valence-corrected chi connectivity index (χ3v) is 8.47. The first-order valence-electron chi connectivity index (χ1n) is 14.0. The van der Waals surface area contributed by atoms with Gasteiger partial charge in [-0.15, -0.1) is 45.2 Å². The summed E-state index contributed by atoms with van der Waals surface area (Å²) in [6, 6.07) is 43.2. The number of para-hydroxylation sites is 4. The van der Waals surface area contributed by atoms with Gasteiger partial charge in [0.05, 0.1) is 0 Å². The number of aromatic nitrogens is 2. The standard InChI is InChI=1S/2C19H16N.2CH3.Zr/c2*1-13-12-17-16-10-6-7-11-18(16)20(19(17)14(13)2)15-8-4-3-5-9-15;;;/h2*3-12H,1-2H3;2*1H3;/q4*-1;+4. The molecule has 0 N–H and O–H groups in total. The van der Waals surface area contributed by atoms with E-state index in [1.54, 1.807) is 0 Å². The summed E-state index contributed by atoms with van der Waals surface area (Å²) in [6.45, 7) is 8.82. The number of hydrogen-bond acceptors (Lipinski definition) is 0. The van der Waals surface area contributed by atoms with E-state index in [1.807, 2.05) is 0 Å². The molecule has 0 amide bonds. The molecule has 0 aliphatic heterocycles. The van der Waals surface area contributed by atoms with E-state index >= 15 is 0 Å². The second kappa shape index (κ2) is 12.7. The fourth-order valence-electron chi connectivity index (χ4n) is 6.27. The van der Waals surface area contributed by atoms with Crippen LogP contribution in [0.25, 0.3) is 55.0 Å². The molecule has 2 heterocycles. The average molecular weight is 638 g/mol. The van der Waals surface area contributed by atoms with Gasteiger partial charge in [-0.25, -0.2) is 0 Å². The molecular formula is C40H38N2Zr. The summed E-state index contributed by atoms with van der Waals surface area (Å²) in [5.41, 5.74) is 13.2. The second-order valence-corrected chi connectivity index (χ2v) is 10.8. The summed E-state index contributed by atoms with van der Waals surface area (Å²) < 4.78 is 4.76. The van der Waals surface area contributed by atoms with E-state index in [4.69, 9.17) is 0 Å². The summed E-state index contributed by atoms with van der Waals surface area (Å²) in [7, 11) is 0. The molecule has 0 fully saturated rings. The minimum atomic E-state index is 0. The fraction of sp³-hybridized carbons (Fsp3) is 0.100. The first-order valence-corrected chi connectivity index (χ1v) is 14.0. The first kappa shape index (κ1) is 32.0. The zero-order chi connectivity index (χ0) is 27.4. The van der Waals surface area contributed by atoms with E-state index in [1.165, 1.54) is 77.2 Å². The number of hydrogen-bond donors (Lipinski definition) is 0. The Balaban J connectivity index is 0.000000184. The predicted molar refractivity (Wildman–Crippen MR) is 185 cm³/mol. The maximum absolute atomic E-state index is 2.38. The van der Waals surface area contributed by atoms with Crippen molar-refractivity contribution in [2.75, 3.05) is 0 Å². The van der Waals surface area contributed by atoms with Gasteiger partial charge in [0.15, 0.2) is 0 Å². The molecule has 0 aliphatic rings. The maximum atomic E-state index is 2.38. The van der Waals surface area contributed by atoms with Crippen LogP contribution in [0, 0.1) is 42.5 Å². The van der Waals surface area contributed by atoms with Crippen LogP contribution >= 0.6 is 0 Å². The van der Waals surface area contributed by atoms with E-state index in [0.29, 0.717) is 0 Å². The molecule has 43 heavy (non-hydrogen) atoms. The molecule has 0 aliphatic carbocycles. The van der Waals surface area contributed by atoms with Gasteiger partial charge in [0.25, 0.3) is 0 Å². The third-order valence-electron chi connectivity index (χ3n) is 8.47. The molecule has 2 aromatic heterocycles. The predicted octanol–water partition coefficient (Wildman–Crippen LogP) is 11.1. The van der Waals surface area contributed by atoms with Crippen LogP contribution in [-0.2, 0) is 26.2 Å². The topological polar surface area (TPSA) is 9.86 Å². The van der Waals surface area contributed by atoms with Gasteiger partial charge in [0, 0.05) is 22.4 Å². The van der Waals surface area contributed by atoms with Crippen LogP contribution in [0.4, 0.5) is 0 Å². The zero-order valence-electron chi connectivity index (χ0n) is 25.9. The molecule has 0 atom stereocenters.